The highest BCUT2D eigenvalue weighted by molar-refractivity contribution is 6.08. The second kappa shape index (κ2) is 5.44. The number of ketones is 1. The van der Waals surface area contributed by atoms with E-state index in [4.69, 9.17) is 0 Å². The molecule has 0 unspecified atom stereocenters. The maximum absolute atomic E-state index is 13.0. The predicted molar refractivity (Wildman–Crippen MR) is 67.8 cm³/mol. The molecule has 0 saturated carbocycles. The molecule has 0 saturated heterocycles. The van der Waals surface area contributed by atoms with Crippen molar-refractivity contribution in [2.75, 3.05) is 0 Å². The molecule has 1 N–H and O–H groups in total. The Morgan fingerprint density at radius 2 is 1.79 bits per heavy atom. The number of hydrogen-bond acceptors (Lipinski definition) is 2. The summed E-state index contributed by atoms with van der Waals surface area (Å²) < 4.78 is 25.9. The Balaban J connectivity index is 2.23. The molecule has 0 amide bonds. The molecule has 0 atom stereocenters. The fourth-order valence-electron chi connectivity index (χ4n) is 1.58. The molecule has 0 spiro atoms. The third-order valence-electron chi connectivity index (χ3n) is 2.50. The molecule has 2 aromatic carbocycles. The first kappa shape index (κ1) is 13.0. The topological polar surface area (TPSA) is 37.3 Å². The van der Waals surface area contributed by atoms with E-state index >= 15 is 0 Å². The minimum absolute atomic E-state index is 0.132. The second-order valence-corrected chi connectivity index (χ2v) is 3.91. The van der Waals surface area contributed by atoms with Gasteiger partial charge in [0.1, 0.15) is 17.4 Å². The van der Waals surface area contributed by atoms with Crippen LogP contribution in [0.3, 0.4) is 0 Å². The number of hydrogen-bond donors (Lipinski definition) is 1. The molecule has 0 aliphatic rings. The van der Waals surface area contributed by atoms with E-state index in [0.717, 1.165) is 24.3 Å². The lowest BCUT2D eigenvalue weighted by Crippen LogP contribution is -1.95. The van der Waals surface area contributed by atoms with Crippen LogP contribution in [0, 0.1) is 11.6 Å². The van der Waals surface area contributed by atoms with Crippen LogP contribution in [0.25, 0.3) is 6.08 Å². The summed E-state index contributed by atoms with van der Waals surface area (Å²) in [5.41, 5.74) is 0.372. The maximum Gasteiger partial charge on any atom is 0.189 e. The normalized spacial score (nSPS) is 10.8. The Bertz CT molecular complexity index is 648. The molecule has 2 aromatic rings. The Kier molecular flexibility index (Phi) is 3.71. The predicted octanol–water partition coefficient (Wildman–Crippen LogP) is 3.57. The molecule has 0 bridgehead atoms. The van der Waals surface area contributed by atoms with Crippen LogP contribution >= 0.6 is 0 Å². The van der Waals surface area contributed by atoms with Gasteiger partial charge in [-0.1, -0.05) is 18.2 Å². The molecule has 0 aliphatic carbocycles. The van der Waals surface area contributed by atoms with Crippen LogP contribution in [0.15, 0.2) is 48.5 Å². The summed E-state index contributed by atoms with van der Waals surface area (Å²) in [4.78, 5) is 11.8. The molecule has 2 rings (SSSR count). The van der Waals surface area contributed by atoms with Gasteiger partial charge in [-0.3, -0.25) is 4.79 Å². The standard InChI is InChI=1S/C15H10F2O2/c16-11-3-1-2-10(8-11)4-6-14(18)13-9-12(17)5-7-15(13)19/h1-9,19H/b6-4+. The highest BCUT2D eigenvalue weighted by Gasteiger charge is 2.09. The Labute approximate surface area is 108 Å². The first-order chi connectivity index (χ1) is 9.06. The van der Waals surface area contributed by atoms with Crippen LogP contribution in [0.2, 0.25) is 0 Å². The van der Waals surface area contributed by atoms with Gasteiger partial charge in [0.05, 0.1) is 5.56 Å². The number of allylic oxidation sites excluding steroid dienone is 1. The summed E-state index contributed by atoms with van der Waals surface area (Å²) in [6.07, 6.45) is 2.55. The van der Waals surface area contributed by atoms with Crippen molar-refractivity contribution in [3.63, 3.8) is 0 Å². The lowest BCUT2D eigenvalue weighted by molar-refractivity contribution is 0.104. The average molecular weight is 260 g/mol. The van der Waals surface area contributed by atoms with Crippen LogP contribution in [0.1, 0.15) is 15.9 Å². The molecule has 96 valence electrons. The van der Waals surface area contributed by atoms with E-state index in [2.05, 4.69) is 0 Å². The monoisotopic (exact) mass is 260 g/mol. The number of phenols is 1. The number of rotatable bonds is 3. The van der Waals surface area contributed by atoms with Gasteiger partial charge >= 0.3 is 0 Å². The quantitative estimate of drug-likeness (QED) is 0.676. The summed E-state index contributed by atoms with van der Waals surface area (Å²) in [7, 11) is 0. The van der Waals surface area contributed by atoms with E-state index in [1.807, 2.05) is 0 Å². The van der Waals surface area contributed by atoms with Crippen molar-refractivity contribution in [3.05, 3.63) is 71.3 Å². The van der Waals surface area contributed by atoms with Crippen LogP contribution in [-0.4, -0.2) is 10.9 Å². The molecular weight excluding hydrogens is 250 g/mol. The van der Waals surface area contributed by atoms with Gasteiger partial charge in [-0.05, 0) is 42.0 Å². The largest absolute Gasteiger partial charge is 0.507 e. The number of carbonyl (C=O) groups is 1. The van der Waals surface area contributed by atoms with Gasteiger partial charge in [-0.15, -0.1) is 0 Å². The highest BCUT2D eigenvalue weighted by atomic mass is 19.1. The van der Waals surface area contributed by atoms with Crippen molar-refractivity contribution in [1.82, 2.24) is 0 Å². The van der Waals surface area contributed by atoms with E-state index in [0.29, 0.717) is 5.56 Å². The number of aromatic hydroxyl groups is 1. The van der Waals surface area contributed by atoms with Gasteiger partial charge in [0.2, 0.25) is 0 Å². The van der Waals surface area contributed by atoms with E-state index in [1.165, 1.54) is 24.3 Å². The van der Waals surface area contributed by atoms with Crippen molar-refractivity contribution in [1.29, 1.82) is 0 Å². The number of halogens is 2. The first-order valence-corrected chi connectivity index (χ1v) is 5.53. The van der Waals surface area contributed by atoms with Crippen molar-refractivity contribution in [2.24, 2.45) is 0 Å². The van der Waals surface area contributed by atoms with Crippen LogP contribution in [0.4, 0.5) is 8.78 Å². The molecule has 0 heterocycles. The minimum Gasteiger partial charge on any atom is -0.507 e. The van der Waals surface area contributed by atoms with Crippen molar-refractivity contribution >= 4 is 11.9 Å². The van der Waals surface area contributed by atoms with Gasteiger partial charge in [0, 0.05) is 0 Å². The third kappa shape index (κ3) is 3.25. The van der Waals surface area contributed by atoms with E-state index in [9.17, 15) is 18.7 Å². The summed E-state index contributed by atoms with van der Waals surface area (Å²) in [6.45, 7) is 0. The smallest absolute Gasteiger partial charge is 0.189 e. The fourth-order valence-corrected chi connectivity index (χ4v) is 1.58. The zero-order valence-corrected chi connectivity index (χ0v) is 9.81. The molecule has 2 nitrogen and oxygen atoms in total. The van der Waals surface area contributed by atoms with Gasteiger partial charge in [0.25, 0.3) is 0 Å². The third-order valence-corrected chi connectivity index (χ3v) is 2.50. The van der Waals surface area contributed by atoms with Gasteiger partial charge < -0.3 is 5.11 Å². The average Bonchev–Trinajstić information content (AvgIpc) is 2.39. The lowest BCUT2D eigenvalue weighted by Gasteiger charge is -2.00. The summed E-state index contributed by atoms with van der Waals surface area (Å²) >= 11 is 0. The van der Waals surface area contributed by atoms with Crippen LogP contribution < -0.4 is 0 Å². The highest BCUT2D eigenvalue weighted by Crippen LogP contribution is 2.19. The van der Waals surface area contributed by atoms with Crippen LogP contribution in [-0.2, 0) is 0 Å². The molecule has 0 aromatic heterocycles. The number of benzene rings is 2. The summed E-state index contributed by atoms with van der Waals surface area (Å²) in [5.74, 6) is -1.87. The van der Waals surface area contributed by atoms with E-state index < -0.39 is 17.4 Å². The minimum atomic E-state index is -0.611. The number of carbonyl (C=O) groups excluding carboxylic acids is 1. The van der Waals surface area contributed by atoms with E-state index in [1.54, 1.807) is 6.07 Å². The van der Waals surface area contributed by atoms with Crippen molar-refractivity contribution in [3.8, 4) is 5.75 Å². The Morgan fingerprint density at radius 3 is 2.53 bits per heavy atom. The number of phenolic OH excluding ortho intramolecular Hbond substituents is 1. The fraction of sp³-hybridized carbons (Fsp3) is 0. The van der Waals surface area contributed by atoms with Crippen molar-refractivity contribution in [2.45, 2.75) is 0 Å². The Hall–Kier alpha value is -2.49. The van der Waals surface area contributed by atoms with Gasteiger partial charge in [-0.2, -0.15) is 0 Å². The molecule has 0 fully saturated rings. The van der Waals surface area contributed by atoms with Crippen molar-refractivity contribution < 1.29 is 18.7 Å². The molecule has 4 heteroatoms. The summed E-state index contributed by atoms with van der Waals surface area (Å²) in [6, 6.07) is 8.80. The molecular formula is C15H10F2O2. The first-order valence-electron chi connectivity index (χ1n) is 5.53. The zero-order valence-electron chi connectivity index (χ0n) is 9.81. The maximum atomic E-state index is 13.0. The zero-order chi connectivity index (χ0) is 13.8. The molecule has 0 aliphatic heterocycles. The molecule has 0 radical (unpaired) electrons. The second-order valence-electron chi connectivity index (χ2n) is 3.91. The SMILES string of the molecule is O=C(/C=C/c1cccc(F)c1)c1cc(F)ccc1O. The van der Waals surface area contributed by atoms with E-state index in [-0.39, 0.29) is 11.3 Å². The van der Waals surface area contributed by atoms with Gasteiger partial charge in [0.15, 0.2) is 5.78 Å². The van der Waals surface area contributed by atoms with Gasteiger partial charge in [-0.25, -0.2) is 8.78 Å². The Morgan fingerprint density at radius 1 is 1.05 bits per heavy atom. The molecule has 19 heavy (non-hydrogen) atoms. The van der Waals surface area contributed by atoms with Crippen LogP contribution in [0.5, 0.6) is 5.75 Å². The summed E-state index contributed by atoms with van der Waals surface area (Å²) in [5, 5.41) is 9.47. The lowest BCUT2D eigenvalue weighted by atomic mass is 10.1.